The normalized spacial score (nSPS) is 22.7. The largest absolute Gasteiger partial charge is 0.480 e. The Balaban J connectivity index is 1.77. The number of carbonyl (C=O) groups excluding carboxylic acids is 1. The second-order valence-corrected chi connectivity index (χ2v) is 5.57. The Labute approximate surface area is 113 Å². The van der Waals surface area contributed by atoms with Crippen LogP contribution in [-0.2, 0) is 4.79 Å². The van der Waals surface area contributed by atoms with Gasteiger partial charge in [0.05, 0.1) is 6.54 Å². The summed E-state index contributed by atoms with van der Waals surface area (Å²) >= 11 is 0. The minimum Gasteiger partial charge on any atom is -0.480 e. The van der Waals surface area contributed by atoms with Gasteiger partial charge in [-0.2, -0.15) is 0 Å². The maximum atomic E-state index is 12.2. The summed E-state index contributed by atoms with van der Waals surface area (Å²) in [5.41, 5.74) is 0.0231. The molecule has 2 amide bonds. The van der Waals surface area contributed by atoms with Crippen LogP contribution in [-0.4, -0.2) is 65.2 Å². The van der Waals surface area contributed by atoms with Gasteiger partial charge in [0, 0.05) is 31.7 Å². The molecule has 0 bridgehead atoms. The molecular formula is C13H23N3O3. The highest BCUT2D eigenvalue weighted by Gasteiger charge is 2.37. The molecule has 0 aromatic rings. The van der Waals surface area contributed by atoms with Crippen LogP contribution in [0.2, 0.25) is 0 Å². The van der Waals surface area contributed by atoms with Crippen molar-refractivity contribution in [3.05, 3.63) is 0 Å². The maximum Gasteiger partial charge on any atom is 0.317 e. The molecule has 0 aromatic heterocycles. The van der Waals surface area contributed by atoms with Gasteiger partial charge in [0.2, 0.25) is 0 Å². The monoisotopic (exact) mass is 269 g/mol. The molecule has 108 valence electrons. The highest BCUT2D eigenvalue weighted by molar-refractivity contribution is 5.75. The van der Waals surface area contributed by atoms with E-state index in [1.54, 1.807) is 4.90 Å². The van der Waals surface area contributed by atoms with Crippen LogP contribution in [0.25, 0.3) is 0 Å². The molecule has 1 saturated heterocycles. The summed E-state index contributed by atoms with van der Waals surface area (Å²) < 4.78 is 0. The molecule has 1 aliphatic heterocycles. The molecule has 0 atom stereocenters. The average molecular weight is 269 g/mol. The predicted octanol–water partition coefficient (Wildman–Crippen LogP) is 0.731. The average Bonchev–Trinajstić information content (AvgIpc) is 2.34. The number of rotatable bonds is 4. The van der Waals surface area contributed by atoms with Crippen molar-refractivity contribution in [2.24, 2.45) is 0 Å². The van der Waals surface area contributed by atoms with Crippen molar-refractivity contribution in [1.82, 2.24) is 15.1 Å². The van der Waals surface area contributed by atoms with Gasteiger partial charge in [-0.1, -0.05) is 6.92 Å². The number of hydrogen-bond acceptors (Lipinski definition) is 3. The summed E-state index contributed by atoms with van der Waals surface area (Å²) in [5.74, 6) is -0.808. The number of urea groups is 1. The number of nitrogens with zero attached hydrogens (tertiary/aromatic N) is 2. The minimum absolute atomic E-state index is 0.0107. The first-order valence-corrected chi connectivity index (χ1v) is 7.06. The Morgan fingerprint density at radius 1 is 1.21 bits per heavy atom. The molecular weight excluding hydrogens is 246 g/mol. The summed E-state index contributed by atoms with van der Waals surface area (Å²) in [6.45, 7) is 4.67. The van der Waals surface area contributed by atoms with Gasteiger partial charge in [0.15, 0.2) is 0 Å². The smallest absolute Gasteiger partial charge is 0.317 e. The summed E-state index contributed by atoms with van der Waals surface area (Å²) in [4.78, 5) is 26.5. The number of carbonyl (C=O) groups is 2. The highest BCUT2D eigenvalue weighted by atomic mass is 16.4. The minimum atomic E-state index is -0.808. The number of carboxylic acids is 1. The van der Waals surface area contributed by atoms with Crippen LogP contribution in [0, 0.1) is 0 Å². The summed E-state index contributed by atoms with van der Waals surface area (Å²) in [7, 11) is 0. The van der Waals surface area contributed by atoms with Crippen molar-refractivity contribution < 1.29 is 14.7 Å². The zero-order chi connectivity index (χ0) is 13.9. The van der Waals surface area contributed by atoms with E-state index in [0.717, 1.165) is 19.3 Å². The molecule has 0 radical (unpaired) electrons. The molecule has 1 aliphatic carbocycles. The quantitative estimate of drug-likeness (QED) is 0.789. The fourth-order valence-electron chi connectivity index (χ4n) is 2.78. The third-order valence-electron chi connectivity index (χ3n) is 4.38. The standard InChI is InChI=1S/C13H23N3O3/c1-2-13(4-3-5-13)14-12(19)16-8-6-15(7-9-16)10-11(17)18/h2-10H2,1H3,(H,14,19)(H,17,18). The lowest BCUT2D eigenvalue weighted by molar-refractivity contribution is -0.138. The van der Waals surface area contributed by atoms with E-state index >= 15 is 0 Å². The molecule has 0 spiro atoms. The fraction of sp³-hybridized carbons (Fsp3) is 0.846. The predicted molar refractivity (Wildman–Crippen MR) is 71.1 cm³/mol. The van der Waals surface area contributed by atoms with Gasteiger partial charge in [0.25, 0.3) is 0 Å². The molecule has 6 nitrogen and oxygen atoms in total. The molecule has 1 saturated carbocycles. The number of hydrogen-bond donors (Lipinski definition) is 2. The first kappa shape index (κ1) is 14.1. The third kappa shape index (κ3) is 3.37. The van der Waals surface area contributed by atoms with E-state index in [-0.39, 0.29) is 18.1 Å². The van der Waals surface area contributed by atoms with Crippen molar-refractivity contribution in [3.8, 4) is 0 Å². The number of nitrogens with one attached hydrogen (secondary N) is 1. The fourth-order valence-corrected chi connectivity index (χ4v) is 2.78. The maximum absolute atomic E-state index is 12.2. The lowest BCUT2D eigenvalue weighted by atomic mass is 9.75. The Kier molecular flexibility index (Phi) is 4.29. The lowest BCUT2D eigenvalue weighted by Crippen LogP contribution is -2.59. The summed E-state index contributed by atoms with van der Waals surface area (Å²) in [6, 6.07) is 0.0107. The zero-order valence-corrected chi connectivity index (χ0v) is 11.5. The summed E-state index contributed by atoms with van der Waals surface area (Å²) in [6.07, 6.45) is 4.33. The van der Waals surface area contributed by atoms with E-state index in [4.69, 9.17) is 5.11 Å². The Hall–Kier alpha value is -1.30. The van der Waals surface area contributed by atoms with Gasteiger partial charge in [0.1, 0.15) is 0 Å². The summed E-state index contributed by atoms with van der Waals surface area (Å²) in [5, 5.41) is 11.9. The SMILES string of the molecule is CCC1(NC(=O)N2CCN(CC(=O)O)CC2)CCC1. The number of aliphatic carboxylic acids is 1. The Morgan fingerprint density at radius 2 is 1.84 bits per heavy atom. The topological polar surface area (TPSA) is 72.9 Å². The van der Waals surface area contributed by atoms with Gasteiger partial charge in [-0.25, -0.2) is 4.79 Å². The van der Waals surface area contributed by atoms with Gasteiger partial charge >= 0.3 is 12.0 Å². The van der Waals surface area contributed by atoms with Crippen LogP contribution in [0.5, 0.6) is 0 Å². The van der Waals surface area contributed by atoms with Crippen molar-refractivity contribution in [2.75, 3.05) is 32.7 Å². The highest BCUT2D eigenvalue weighted by Crippen LogP contribution is 2.34. The second kappa shape index (κ2) is 5.77. The van der Waals surface area contributed by atoms with Crippen LogP contribution in [0.4, 0.5) is 4.79 Å². The van der Waals surface area contributed by atoms with Gasteiger partial charge in [-0.3, -0.25) is 9.69 Å². The van der Waals surface area contributed by atoms with Gasteiger partial charge in [-0.15, -0.1) is 0 Å². The first-order valence-electron chi connectivity index (χ1n) is 7.06. The molecule has 2 aliphatic rings. The molecule has 2 N–H and O–H groups in total. The van der Waals surface area contributed by atoms with Crippen LogP contribution >= 0.6 is 0 Å². The number of carboxylic acid groups (broad SMARTS) is 1. The number of amides is 2. The van der Waals surface area contributed by atoms with E-state index in [1.165, 1.54) is 6.42 Å². The van der Waals surface area contributed by atoms with Crippen LogP contribution in [0.3, 0.4) is 0 Å². The van der Waals surface area contributed by atoms with E-state index in [0.29, 0.717) is 26.2 Å². The first-order chi connectivity index (χ1) is 9.04. The van der Waals surface area contributed by atoms with E-state index in [1.807, 2.05) is 4.90 Å². The zero-order valence-electron chi connectivity index (χ0n) is 11.5. The van der Waals surface area contributed by atoms with Crippen molar-refractivity contribution >= 4 is 12.0 Å². The van der Waals surface area contributed by atoms with Crippen molar-refractivity contribution in [3.63, 3.8) is 0 Å². The molecule has 2 fully saturated rings. The van der Waals surface area contributed by atoms with Crippen molar-refractivity contribution in [1.29, 1.82) is 0 Å². The molecule has 0 unspecified atom stereocenters. The lowest BCUT2D eigenvalue weighted by Gasteiger charge is -2.44. The Bertz CT molecular complexity index is 342. The molecule has 2 rings (SSSR count). The van der Waals surface area contributed by atoms with Crippen LogP contribution in [0.1, 0.15) is 32.6 Å². The molecule has 0 aromatic carbocycles. The molecule has 1 heterocycles. The van der Waals surface area contributed by atoms with Gasteiger partial charge < -0.3 is 15.3 Å². The second-order valence-electron chi connectivity index (χ2n) is 5.57. The van der Waals surface area contributed by atoms with Crippen LogP contribution < -0.4 is 5.32 Å². The molecule has 6 heteroatoms. The van der Waals surface area contributed by atoms with Gasteiger partial charge in [-0.05, 0) is 25.7 Å². The Morgan fingerprint density at radius 3 is 2.26 bits per heavy atom. The van der Waals surface area contributed by atoms with E-state index in [2.05, 4.69) is 12.2 Å². The third-order valence-corrected chi connectivity index (χ3v) is 4.38. The molecule has 19 heavy (non-hydrogen) atoms. The van der Waals surface area contributed by atoms with Crippen LogP contribution in [0.15, 0.2) is 0 Å². The van der Waals surface area contributed by atoms with E-state index < -0.39 is 5.97 Å². The van der Waals surface area contributed by atoms with E-state index in [9.17, 15) is 9.59 Å². The van der Waals surface area contributed by atoms with Crippen molar-refractivity contribution in [2.45, 2.75) is 38.1 Å². The number of piperazine rings is 1.